The lowest BCUT2D eigenvalue weighted by molar-refractivity contribution is -0.136. The summed E-state index contributed by atoms with van der Waals surface area (Å²) in [4.78, 5) is 15.0. The van der Waals surface area contributed by atoms with Crippen molar-refractivity contribution in [2.45, 2.75) is 26.2 Å². The van der Waals surface area contributed by atoms with Gasteiger partial charge in [-0.05, 0) is 6.07 Å². The number of aliphatic carboxylic acids is 1. The second-order valence-electron chi connectivity index (χ2n) is 4.35. The number of rotatable bonds is 5. The van der Waals surface area contributed by atoms with E-state index in [9.17, 15) is 4.79 Å². The van der Waals surface area contributed by atoms with Gasteiger partial charge in [0.2, 0.25) is 0 Å². The highest BCUT2D eigenvalue weighted by molar-refractivity contribution is 7.07. The van der Waals surface area contributed by atoms with Crippen molar-refractivity contribution < 1.29 is 14.6 Å². The van der Waals surface area contributed by atoms with Crippen LogP contribution in [0.25, 0.3) is 0 Å². The number of carboxylic acids is 1. The average Bonchev–Trinajstić information content (AvgIpc) is 2.80. The first-order valence-corrected chi connectivity index (χ1v) is 6.64. The standard InChI is InChI=1S/C13H14N2O3S/c1-8(2)12-14-13(19-15-12)18-10-6-4-3-5-9(10)7-11(16)17/h3-6,8H,7H2,1-2H3,(H,16,17). The van der Waals surface area contributed by atoms with Crippen molar-refractivity contribution in [1.29, 1.82) is 0 Å². The molecule has 0 atom stereocenters. The second kappa shape index (κ2) is 5.79. The molecule has 0 unspecified atom stereocenters. The minimum Gasteiger partial charge on any atom is -0.481 e. The highest BCUT2D eigenvalue weighted by atomic mass is 32.1. The summed E-state index contributed by atoms with van der Waals surface area (Å²) in [7, 11) is 0. The Labute approximate surface area is 115 Å². The van der Waals surface area contributed by atoms with E-state index in [1.54, 1.807) is 24.3 Å². The molecule has 0 bridgehead atoms. The number of hydrogen-bond acceptors (Lipinski definition) is 5. The van der Waals surface area contributed by atoms with Gasteiger partial charge in [0.25, 0.3) is 5.19 Å². The summed E-state index contributed by atoms with van der Waals surface area (Å²) in [6.45, 7) is 4.01. The summed E-state index contributed by atoms with van der Waals surface area (Å²) in [5.74, 6) is 0.589. The largest absolute Gasteiger partial charge is 0.481 e. The molecule has 19 heavy (non-hydrogen) atoms. The van der Waals surface area contributed by atoms with E-state index in [4.69, 9.17) is 9.84 Å². The predicted molar refractivity (Wildman–Crippen MR) is 71.9 cm³/mol. The Kier molecular flexibility index (Phi) is 4.11. The van der Waals surface area contributed by atoms with Crippen LogP contribution >= 0.6 is 11.5 Å². The number of para-hydroxylation sites is 1. The zero-order valence-electron chi connectivity index (χ0n) is 10.7. The molecule has 0 aliphatic carbocycles. The summed E-state index contributed by atoms with van der Waals surface area (Å²) >= 11 is 1.17. The molecule has 6 heteroatoms. The van der Waals surface area contributed by atoms with Gasteiger partial charge >= 0.3 is 5.97 Å². The normalized spacial score (nSPS) is 10.7. The molecule has 0 saturated carbocycles. The smallest absolute Gasteiger partial charge is 0.307 e. The number of aromatic nitrogens is 2. The van der Waals surface area contributed by atoms with Crippen LogP contribution in [0.15, 0.2) is 24.3 Å². The first-order chi connectivity index (χ1) is 9.06. The van der Waals surface area contributed by atoms with Gasteiger partial charge in [-0.15, -0.1) is 0 Å². The zero-order valence-corrected chi connectivity index (χ0v) is 11.5. The maximum atomic E-state index is 10.8. The molecule has 0 amide bonds. The lowest BCUT2D eigenvalue weighted by atomic mass is 10.1. The van der Waals surface area contributed by atoms with Crippen molar-refractivity contribution in [1.82, 2.24) is 9.36 Å². The van der Waals surface area contributed by atoms with Crippen molar-refractivity contribution in [3.63, 3.8) is 0 Å². The molecular formula is C13H14N2O3S. The van der Waals surface area contributed by atoms with Crippen molar-refractivity contribution in [3.05, 3.63) is 35.7 Å². The van der Waals surface area contributed by atoms with E-state index in [2.05, 4.69) is 9.36 Å². The van der Waals surface area contributed by atoms with Crippen LogP contribution in [0.3, 0.4) is 0 Å². The van der Waals surface area contributed by atoms with Crippen molar-refractivity contribution in [2.24, 2.45) is 0 Å². The Bertz CT molecular complexity index is 581. The van der Waals surface area contributed by atoms with Gasteiger partial charge in [-0.2, -0.15) is 9.36 Å². The number of ether oxygens (including phenoxy) is 1. The van der Waals surface area contributed by atoms with Crippen LogP contribution in [0.4, 0.5) is 0 Å². The maximum absolute atomic E-state index is 10.8. The third kappa shape index (κ3) is 3.51. The molecule has 0 radical (unpaired) electrons. The molecule has 1 aromatic carbocycles. The summed E-state index contributed by atoms with van der Waals surface area (Å²) in [6, 6.07) is 7.04. The Morgan fingerprint density at radius 2 is 2.16 bits per heavy atom. The number of carbonyl (C=O) groups is 1. The Morgan fingerprint density at radius 1 is 1.42 bits per heavy atom. The van der Waals surface area contributed by atoms with Gasteiger partial charge in [-0.3, -0.25) is 4.79 Å². The molecule has 1 N–H and O–H groups in total. The van der Waals surface area contributed by atoms with Crippen LogP contribution in [-0.4, -0.2) is 20.4 Å². The molecule has 0 spiro atoms. The predicted octanol–water partition coefficient (Wildman–Crippen LogP) is 3.08. The molecule has 1 heterocycles. The number of nitrogens with zero attached hydrogens (tertiary/aromatic N) is 2. The van der Waals surface area contributed by atoms with Crippen LogP contribution in [0.1, 0.15) is 31.2 Å². The second-order valence-corrected chi connectivity index (χ2v) is 5.07. The van der Waals surface area contributed by atoms with E-state index in [1.807, 2.05) is 13.8 Å². The minimum absolute atomic E-state index is 0.0774. The molecule has 0 fully saturated rings. The molecular weight excluding hydrogens is 264 g/mol. The van der Waals surface area contributed by atoms with E-state index >= 15 is 0 Å². The van der Waals surface area contributed by atoms with E-state index in [0.29, 0.717) is 16.5 Å². The molecule has 100 valence electrons. The fourth-order valence-corrected chi connectivity index (χ4v) is 2.19. The third-order valence-electron chi connectivity index (χ3n) is 2.45. The first-order valence-electron chi connectivity index (χ1n) is 5.87. The van der Waals surface area contributed by atoms with E-state index in [-0.39, 0.29) is 12.3 Å². The number of hydrogen-bond donors (Lipinski definition) is 1. The molecule has 0 aliphatic heterocycles. The van der Waals surface area contributed by atoms with E-state index in [0.717, 1.165) is 5.82 Å². The highest BCUT2D eigenvalue weighted by Gasteiger charge is 2.12. The van der Waals surface area contributed by atoms with Gasteiger partial charge in [0, 0.05) is 23.0 Å². The summed E-state index contributed by atoms with van der Waals surface area (Å²) in [6.07, 6.45) is -0.0774. The van der Waals surface area contributed by atoms with Gasteiger partial charge in [-0.25, -0.2) is 0 Å². The zero-order chi connectivity index (χ0) is 13.8. The van der Waals surface area contributed by atoms with Crippen LogP contribution in [-0.2, 0) is 11.2 Å². The first kappa shape index (κ1) is 13.5. The quantitative estimate of drug-likeness (QED) is 0.910. The van der Waals surface area contributed by atoms with Crippen LogP contribution in [0.5, 0.6) is 10.9 Å². The summed E-state index contributed by atoms with van der Waals surface area (Å²) < 4.78 is 9.81. The minimum atomic E-state index is -0.892. The molecule has 5 nitrogen and oxygen atoms in total. The fourth-order valence-electron chi connectivity index (χ4n) is 1.50. The monoisotopic (exact) mass is 278 g/mol. The lowest BCUT2D eigenvalue weighted by Gasteiger charge is -2.06. The van der Waals surface area contributed by atoms with Crippen LogP contribution < -0.4 is 4.74 Å². The van der Waals surface area contributed by atoms with Crippen molar-refractivity contribution >= 4 is 17.5 Å². The van der Waals surface area contributed by atoms with Gasteiger partial charge in [0.05, 0.1) is 6.42 Å². The number of carboxylic acid groups (broad SMARTS) is 1. The van der Waals surface area contributed by atoms with Crippen LogP contribution in [0, 0.1) is 0 Å². The molecule has 0 saturated heterocycles. The topological polar surface area (TPSA) is 72.3 Å². The van der Waals surface area contributed by atoms with E-state index < -0.39 is 5.97 Å². The Morgan fingerprint density at radius 3 is 2.79 bits per heavy atom. The van der Waals surface area contributed by atoms with Crippen LogP contribution in [0.2, 0.25) is 0 Å². The Hall–Kier alpha value is -1.95. The summed E-state index contributed by atoms with van der Waals surface area (Å²) in [5, 5.41) is 9.29. The lowest BCUT2D eigenvalue weighted by Crippen LogP contribution is -2.01. The molecule has 2 rings (SSSR count). The highest BCUT2D eigenvalue weighted by Crippen LogP contribution is 2.28. The van der Waals surface area contributed by atoms with Gasteiger partial charge in [0.1, 0.15) is 11.6 Å². The molecule has 1 aromatic heterocycles. The SMILES string of the molecule is CC(C)c1nsc(Oc2ccccc2CC(=O)O)n1. The fraction of sp³-hybridized carbons (Fsp3) is 0.308. The van der Waals surface area contributed by atoms with Crippen molar-refractivity contribution in [2.75, 3.05) is 0 Å². The van der Waals surface area contributed by atoms with Crippen molar-refractivity contribution in [3.8, 4) is 10.9 Å². The van der Waals surface area contributed by atoms with Gasteiger partial charge < -0.3 is 9.84 Å². The van der Waals surface area contributed by atoms with E-state index in [1.165, 1.54) is 11.5 Å². The molecule has 2 aromatic rings. The molecule has 0 aliphatic rings. The maximum Gasteiger partial charge on any atom is 0.307 e. The average molecular weight is 278 g/mol. The van der Waals surface area contributed by atoms with Gasteiger partial charge in [0.15, 0.2) is 0 Å². The van der Waals surface area contributed by atoms with Gasteiger partial charge in [-0.1, -0.05) is 32.0 Å². The Balaban J connectivity index is 2.20. The number of benzene rings is 1. The summed E-state index contributed by atoms with van der Waals surface area (Å²) in [5.41, 5.74) is 0.622. The third-order valence-corrected chi connectivity index (χ3v) is 3.06.